The lowest BCUT2D eigenvalue weighted by molar-refractivity contribution is -0.124. The van der Waals surface area contributed by atoms with E-state index in [1.54, 1.807) is 12.3 Å². The molecule has 1 aromatic heterocycles. The van der Waals surface area contributed by atoms with Gasteiger partial charge in [0.25, 0.3) is 0 Å². The van der Waals surface area contributed by atoms with E-state index < -0.39 is 0 Å². The van der Waals surface area contributed by atoms with Gasteiger partial charge in [0, 0.05) is 19.0 Å². The number of carbonyl (C=O) groups excluding carboxylic acids is 1. The standard InChI is InChI=1S/C9H10N2O/c10-9-2-1-6(5-11-9)7-3-8(12)4-7/h1-2,5,7H,3-4H2,(H2,10,11). The molecule has 0 atom stereocenters. The molecule has 0 aliphatic heterocycles. The van der Waals surface area contributed by atoms with Crippen LogP contribution in [0, 0.1) is 0 Å². The van der Waals surface area contributed by atoms with Gasteiger partial charge in [0.2, 0.25) is 0 Å². The molecule has 0 radical (unpaired) electrons. The Morgan fingerprint density at radius 1 is 1.42 bits per heavy atom. The van der Waals surface area contributed by atoms with Crippen LogP contribution in [0.3, 0.4) is 0 Å². The molecule has 62 valence electrons. The molecule has 0 amide bonds. The molecule has 0 spiro atoms. The first-order valence-electron chi connectivity index (χ1n) is 3.99. The molecular formula is C9H10N2O. The summed E-state index contributed by atoms with van der Waals surface area (Å²) in [6.07, 6.45) is 3.10. The Balaban J connectivity index is 2.14. The van der Waals surface area contributed by atoms with Crippen LogP contribution in [0.5, 0.6) is 0 Å². The largest absolute Gasteiger partial charge is 0.384 e. The summed E-state index contributed by atoms with van der Waals surface area (Å²) in [5, 5.41) is 0. The fourth-order valence-electron chi connectivity index (χ4n) is 1.38. The van der Waals surface area contributed by atoms with Crippen LogP contribution in [0.15, 0.2) is 18.3 Å². The van der Waals surface area contributed by atoms with Crippen molar-refractivity contribution in [3.8, 4) is 0 Å². The number of aromatic nitrogens is 1. The van der Waals surface area contributed by atoms with E-state index in [4.69, 9.17) is 5.73 Å². The highest BCUT2D eigenvalue weighted by atomic mass is 16.1. The predicted octanol–water partition coefficient (Wildman–Crippen LogP) is 1.11. The van der Waals surface area contributed by atoms with Gasteiger partial charge in [-0.15, -0.1) is 0 Å². The third-order valence-corrected chi connectivity index (χ3v) is 2.23. The Morgan fingerprint density at radius 2 is 2.17 bits per heavy atom. The first-order valence-corrected chi connectivity index (χ1v) is 3.99. The number of pyridine rings is 1. The van der Waals surface area contributed by atoms with Crippen molar-refractivity contribution >= 4 is 11.6 Å². The Kier molecular flexibility index (Phi) is 1.57. The minimum absolute atomic E-state index is 0.344. The molecule has 2 N–H and O–H groups in total. The molecule has 3 heteroatoms. The average Bonchev–Trinajstić information content (AvgIpc) is 2.01. The van der Waals surface area contributed by atoms with E-state index in [1.807, 2.05) is 6.07 Å². The van der Waals surface area contributed by atoms with Crippen molar-refractivity contribution in [2.75, 3.05) is 5.73 Å². The number of nitrogens with zero attached hydrogens (tertiary/aromatic N) is 1. The number of anilines is 1. The van der Waals surface area contributed by atoms with Gasteiger partial charge >= 0.3 is 0 Å². The molecular weight excluding hydrogens is 152 g/mol. The van der Waals surface area contributed by atoms with Gasteiger partial charge in [-0.25, -0.2) is 4.98 Å². The molecule has 1 saturated carbocycles. The molecule has 2 rings (SSSR count). The second-order valence-electron chi connectivity index (χ2n) is 3.16. The van der Waals surface area contributed by atoms with Crippen LogP contribution in [-0.4, -0.2) is 10.8 Å². The van der Waals surface area contributed by atoms with Crippen molar-refractivity contribution in [1.82, 2.24) is 4.98 Å². The fourth-order valence-corrected chi connectivity index (χ4v) is 1.38. The molecule has 1 heterocycles. The minimum atomic E-state index is 0.344. The van der Waals surface area contributed by atoms with Gasteiger partial charge < -0.3 is 5.73 Å². The second-order valence-corrected chi connectivity index (χ2v) is 3.16. The summed E-state index contributed by atoms with van der Waals surface area (Å²) in [5.74, 6) is 1.27. The highest BCUT2D eigenvalue weighted by Crippen LogP contribution is 2.32. The van der Waals surface area contributed by atoms with E-state index in [9.17, 15) is 4.79 Å². The van der Waals surface area contributed by atoms with Crippen molar-refractivity contribution in [2.24, 2.45) is 0 Å². The maximum Gasteiger partial charge on any atom is 0.134 e. The summed E-state index contributed by atoms with van der Waals surface area (Å²) in [5.41, 5.74) is 6.56. The number of rotatable bonds is 1. The summed E-state index contributed by atoms with van der Waals surface area (Å²) < 4.78 is 0. The van der Waals surface area contributed by atoms with Gasteiger partial charge in [-0.05, 0) is 17.5 Å². The normalized spacial score (nSPS) is 17.5. The number of nitrogens with two attached hydrogens (primary N) is 1. The molecule has 3 nitrogen and oxygen atoms in total. The summed E-state index contributed by atoms with van der Waals surface area (Å²) in [4.78, 5) is 14.7. The molecule has 12 heavy (non-hydrogen) atoms. The summed E-state index contributed by atoms with van der Waals surface area (Å²) >= 11 is 0. The highest BCUT2D eigenvalue weighted by Gasteiger charge is 2.27. The number of hydrogen-bond donors (Lipinski definition) is 1. The first kappa shape index (κ1) is 7.28. The second kappa shape index (κ2) is 2.59. The van der Waals surface area contributed by atoms with Gasteiger partial charge in [0.15, 0.2) is 0 Å². The minimum Gasteiger partial charge on any atom is -0.384 e. The van der Waals surface area contributed by atoms with Crippen LogP contribution in [-0.2, 0) is 4.79 Å². The molecule has 1 aromatic rings. The van der Waals surface area contributed by atoms with Gasteiger partial charge in [0.05, 0.1) is 0 Å². The zero-order valence-electron chi connectivity index (χ0n) is 6.66. The van der Waals surface area contributed by atoms with Gasteiger partial charge in [-0.3, -0.25) is 4.79 Å². The maximum atomic E-state index is 10.7. The maximum absolute atomic E-state index is 10.7. The topological polar surface area (TPSA) is 56.0 Å². The van der Waals surface area contributed by atoms with Crippen molar-refractivity contribution in [3.63, 3.8) is 0 Å². The summed E-state index contributed by atoms with van der Waals surface area (Å²) in [6.45, 7) is 0. The lowest BCUT2D eigenvalue weighted by Crippen LogP contribution is -2.21. The van der Waals surface area contributed by atoms with Crippen molar-refractivity contribution in [1.29, 1.82) is 0 Å². The Hall–Kier alpha value is -1.38. The fraction of sp³-hybridized carbons (Fsp3) is 0.333. The molecule has 0 saturated heterocycles. The average molecular weight is 162 g/mol. The molecule has 1 fully saturated rings. The smallest absolute Gasteiger partial charge is 0.134 e. The van der Waals surface area contributed by atoms with E-state index in [0.29, 0.717) is 30.4 Å². The quantitative estimate of drug-likeness (QED) is 0.673. The van der Waals surface area contributed by atoms with Crippen molar-refractivity contribution < 1.29 is 4.79 Å². The zero-order chi connectivity index (χ0) is 8.55. The molecule has 0 aromatic carbocycles. The van der Waals surface area contributed by atoms with Crippen LogP contribution < -0.4 is 5.73 Å². The van der Waals surface area contributed by atoms with E-state index >= 15 is 0 Å². The van der Waals surface area contributed by atoms with Crippen LogP contribution >= 0.6 is 0 Å². The lowest BCUT2D eigenvalue weighted by Gasteiger charge is -2.23. The van der Waals surface area contributed by atoms with Crippen LogP contribution in [0.25, 0.3) is 0 Å². The predicted molar refractivity (Wildman–Crippen MR) is 45.6 cm³/mol. The van der Waals surface area contributed by atoms with Gasteiger partial charge in [-0.1, -0.05) is 6.07 Å². The third kappa shape index (κ3) is 1.18. The number of Topliss-reactive ketones (excluding diaryl/α,β-unsaturated/α-hetero) is 1. The number of hydrogen-bond acceptors (Lipinski definition) is 3. The van der Waals surface area contributed by atoms with Crippen molar-refractivity contribution in [2.45, 2.75) is 18.8 Å². The Bertz CT molecular complexity index is 297. The SMILES string of the molecule is Nc1ccc(C2CC(=O)C2)cn1. The van der Waals surface area contributed by atoms with Crippen LogP contribution in [0.1, 0.15) is 24.3 Å². The molecule has 1 aliphatic carbocycles. The van der Waals surface area contributed by atoms with E-state index in [2.05, 4.69) is 4.98 Å². The van der Waals surface area contributed by atoms with E-state index in [1.165, 1.54) is 0 Å². The van der Waals surface area contributed by atoms with Crippen molar-refractivity contribution in [3.05, 3.63) is 23.9 Å². The molecule has 0 unspecified atom stereocenters. The number of ketones is 1. The van der Waals surface area contributed by atoms with Crippen LogP contribution in [0.4, 0.5) is 5.82 Å². The van der Waals surface area contributed by atoms with Gasteiger partial charge in [-0.2, -0.15) is 0 Å². The zero-order valence-corrected chi connectivity index (χ0v) is 6.66. The summed E-state index contributed by atoms with van der Waals surface area (Å²) in [7, 11) is 0. The first-order chi connectivity index (χ1) is 5.75. The third-order valence-electron chi connectivity index (χ3n) is 2.23. The summed E-state index contributed by atoms with van der Waals surface area (Å²) in [6, 6.07) is 3.72. The number of nitrogen functional groups attached to an aromatic ring is 1. The van der Waals surface area contributed by atoms with E-state index in [-0.39, 0.29) is 0 Å². The molecule has 0 bridgehead atoms. The number of carbonyl (C=O) groups is 1. The molecule has 1 aliphatic rings. The van der Waals surface area contributed by atoms with Gasteiger partial charge in [0.1, 0.15) is 11.6 Å². The Labute approximate surface area is 70.6 Å². The Morgan fingerprint density at radius 3 is 2.67 bits per heavy atom. The highest BCUT2D eigenvalue weighted by molar-refractivity contribution is 5.86. The van der Waals surface area contributed by atoms with Crippen LogP contribution in [0.2, 0.25) is 0 Å². The lowest BCUT2D eigenvalue weighted by atomic mass is 9.79. The van der Waals surface area contributed by atoms with E-state index in [0.717, 1.165) is 5.56 Å². The monoisotopic (exact) mass is 162 g/mol.